The molecule has 0 saturated heterocycles. The highest BCUT2D eigenvalue weighted by molar-refractivity contribution is 6.12. The highest BCUT2D eigenvalue weighted by atomic mass is 16.3. The summed E-state index contributed by atoms with van der Waals surface area (Å²) in [6, 6.07) is 48.8. The molecule has 42 heavy (non-hydrogen) atoms. The molecule has 0 aliphatic heterocycles. The molecule has 8 aromatic rings. The number of hydrogen-bond donors (Lipinski definition) is 0. The van der Waals surface area contributed by atoms with E-state index in [-0.39, 0.29) is 5.41 Å². The third-order valence-corrected chi connectivity index (χ3v) is 9.45. The van der Waals surface area contributed by atoms with Crippen molar-refractivity contribution in [3.63, 3.8) is 0 Å². The lowest BCUT2D eigenvalue weighted by molar-refractivity contribution is 0.661. The van der Waals surface area contributed by atoms with Crippen LogP contribution in [0.3, 0.4) is 0 Å². The van der Waals surface area contributed by atoms with Crippen LogP contribution >= 0.6 is 0 Å². The summed E-state index contributed by atoms with van der Waals surface area (Å²) in [6.07, 6.45) is 0. The fraction of sp³-hybridized carbons (Fsp3) is 0.0732. The van der Waals surface area contributed by atoms with E-state index in [1.165, 1.54) is 54.9 Å². The summed E-state index contributed by atoms with van der Waals surface area (Å²) in [5.74, 6) is 0. The summed E-state index contributed by atoms with van der Waals surface area (Å²) >= 11 is 0. The van der Waals surface area contributed by atoms with Crippen molar-refractivity contribution in [3.8, 4) is 33.4 Å². The van der Waals surface area contributed by atoms with Crippen molar-refractivity contribution in [1.82, 2.24) is 0 Å². The summed E-state index contributed by atoms with van der Waals surface area (Å²) in [5, 5.41) is 7.48. The summed E-state index contributed by atoms with van der Waals surface area (Å²) < 4.78 is 6.37. The van der Waals surface area contributed by atoms with Crippen LogP contribution in [0.25, 0.3) is 76.9 Å². The average Bonchev–Trinajstić information content (AvgIpc) is 3.52. The second-order valence-electron chi connectivity index (χ2n) is 12.2. The monoisotopic (exact) mass is 536 g/mol. The Morgan fingerprint density at radius 3 is 2.07 bits per heavy atom. The molecule has 0 saturated carbocycles. The minimum Gasteiger partial charge on any atom is -0.455 e. The minimum atomic E-state index is -0.0219. The standard InChI is InChI=1S/C41H28O/c1-41(2)37-15-5-3-11-31(37)36-23-29-20-18-25-17-19-27(22-34(25)35(29)24-38(36)41)26-9-7-10-28(21-26)30-13-8-14-33-32-12-4-6-16-39(32)42-40(30)33/h3-24H,1-2H3. The number of para-hydroxylation sites is 2. The number of benzene rings is 7. The molecule has 1 heterocycles. The average molecular weight is 537 g/mol. The van der Waals surface area contributed by atoms with Crippen LogP contribution in [0.2, 0.25) is 0 Å². The third-order valence-electron chi connectivity index (χ3n) is 9.45. The Morgan fingerprint density at radius 2 is 1.12 bits per heavy atom. The van der Waals surface area contributed by atoms with Crippen LogP contribution in [-0.2, 0) is 5.41 Å². The molecule has 198 valence electrons. The zero-order valence-electron chi connectivity index (χ0n) is 23.6. The van der Waals surface area contributed by atoms with Gasteiger partial charge < -0.3 is 4.42 Å². The van der Waals surface area contributed by atoms with Crippen LogP contribution in [0.5, 0.6) is 0 Å². The lowest BCUT2D eigenvalue weighted by Gasteiger charge is -2.22. The van der Waals surface area contributed by atoms with Gasteiger partial charge in [0.2, 0.25) is 0 Å². The van der Waals surface area contributed by atoms with Gasteiger partial charge >= 0.3 is 0 Å². The number of hydrogen-bond acceptors (Lipinski definition) is 1. The molecule has 7 aromatic carbocycles. The van der Waals surface area contributed by atoms with E-state index in [9.17, 15) is 0 Å². The summed E-state index contributed by atoms with van der Waals surface area (Å²) in [5.41, 5.74) is 12.1. The molecule has 0 spiro atoms. The van der Waals surface area contributed by atoms with Crippen molar-refractivity contribution in [3.05, 3.63) is 145 Å². The van der Waals surface area contributed by atoms with Crippen LogP contribution in [0.1, 0.15) is 25.0 Å². The van der Waals surface area contributed by atoms with E-state index < -0.39 is 0 Å². The van der Waals surface area contributed by atoms with Gasteiger partial charge in [0.15, 0.2) is 0 Å². The quantitative estimate of drug-likeness (QED) is 0.200. The van der Waals surface area contributed by atoms with Crippen LogP contribution in [0, 0.1) is 0 Å². The predicted molar refractivity (Wildman–Crippen MR) is 177 cm³/mol. The van der Waals surface area contributed by atoms with Gasteiger partial charge in [0, 0.05) is 21.8 Å². The van der Waals surface area contributed by atoms with Gasteiger partial charge in [-0.15, -0.1) is 0 Å². The van der Waals surface area contributed by atoms with Crippen molar-refractivity contribution >= 4 is 43.5 Å². The van der Waals surface area contributed by atoms with E-state index in [4.69, 9.17) is 4.42 Å². The minimum absolute atomic E-state index is 0.0219. The Hall–Kier alpha value is -5.14. The molecule has 1 heteroatoms. The molecule has 9 rings (SSSR count). The molecule has 1 nitrogen and oxygen atoms in total. The fourth-order valence-electron chi connectivity index (χ4n) is 7.27. The smallest absolute Gasteiger partial charge is 0.143 e. The maximum Gasteiger partial charge on any atom is 0.143 e. The van der Waals surface area contributed by atoms with E-state index in [1.54, 1.807) is 0 Å². The van der Waals surface area contributed by atoms with Crippen molar-refractivity contribution < 1.29 is 4.42 Å². The molecule has 0 atom stereocenters. The van der Waals surface area contributed by atoms with E-state index >= 15 is 0 Å². The van der Waals surface area contributed by atoms with Crippen LogP contribution in [0.4, 0.5) is 0 Å². The van der Waals surface area contributed by atoms with Crippen LogP contribution < -0.4 is 0 Å². The van der Waals surface area contributed by atoms with Crippen molar-refractivity contribution in [2.24, 2.45) is 0 Å². The van der Waals surface area contributed by atoms with Gasteiger partial charge in [0.1, 0.15) is 11.2 Å². The van der Waals surface area contributed by atoms with E-state index in [2.05, 4.69) is 135 Å². The van der Waals surface area contributed by atoms with Crippen molar-refractivity contribution in [2.75, 3.05) is 0 Å². The number of furan rings is 1. The molecule has 1 aliphatic rings. The Labute approximate surface area is 244 Å². The second kappa shape index (κ2) is 8.44. The maximum absolute atomic E-state index is 6.37. The highest BCUT2D eigenvalue weighted by Gasteiger charge is 2.35. The molecule has 0 fully saturated rings. The molecule has 1 aromatic heterocycles. The first-order valence-electron chi connectivity index (χ1n) is 14.7. The van der Waals surface area contributed by atoms with Gasteiger partial charge in [0.05, 0.1) is 0 Å². The maximum atomic E-state index is 6.37. The van der Waals surface area contributed by atoms with E-state index in [0.717, 1.165) is 33.1 Å². The Morgan fingerprint density at radius 1 is 0.429 bits per heavy atom. The molecule has 0 amide bonds. The summed E-state index contributed by atoms with van der Waals surface area (Å²) in [4.78, 5) is 0. The first-order valence-corrected chi connectivity index (χ1v) is 14.7. The molecule has 1 aliphatic carbocycles. The normalized spacial score (nSPS) is 13.7. The summed E-state index contributed by atoms with van der Waals surface area (Å²) in [7, 11) is 0. The molecule has 0 N–H and O–H groups in total. The van der Waals surface area contributed by atoms with E-state index in [0.29, 0.717) is 0 Å². The zero-order valence-corrected chi connectivity index (χ0v) is 23.6. The molecule has 0 bridgehead atoms. The zero-order chi connectivity index (χ0) is 28.0. The first kappa shape index (κ1) is 23.6. The van der Waals surface area contributed by atoms with Crippen LogP contribution in [0.15, 0.2) is 138 Å². The lowest BCUT2D eigenvalue weighted by atomic mass is 9.81. The Kier molecular flexibility index (Phi) is 4.73. The van der Waals surface area contributed by atoms with Gasteiger partial charge in [-0.2, -0.15) is 0 Å². The van der Waals surface area contributed by atoms with Crippen molar-refractivity contribution in [1.29, 1.82) is 0 Å². The number of rotatable bonds is 2. The first-order chi connectivity index (χ1) is 20.6. The SMILES string of the molecule is CC1(C)c2ccccc2-c2cc3ccc4ccc(-c5cccc(-c6cccc7c6oc6ccccc67)c5)cc4c3cc21. The Bertz CT molecular complexity index is 2380. The molecular formula is C41H28O. The topological polar surface area (TPSA) is 13.1 Å². The Balaban J connectivity index is 1.21. The van der Waals surface area contributed by atoms with E-state index in [1.807, 2.05) is 12.1 Å². The van der Waals surface area contributed by atoms with Crippen molar-refractivity contribution in [2.45, 2.75) is 19.3 Å². The number of fused-ring (bicyclic) bond motifs is 9. The highest BCUT2D eigenvalue weighted by Crippen LogP contribution is 2.50. The second-order valence-corrected chi connectivity index (χ2v) is 12.2. The van der Waals surface area contributed by atoms with Gasteiger partial charge in [-0.3, -0.25) is 0 Å². The van der Waals surface area contributed by atoms with Gasteiger partial charge in [0.25, 0.3) is 0 Å². The predicted octanol–water partition coefficient (Wildman–Crippen LogP) is 11.5. The van der Waals surface area contributed by atoms with Gasteiger partial charge in [-0.1, -0.05) is 117 Å². The van der Waals surface area contributed by atoms with Gasteiger partial charge in [-0.25, -0.2) is 0 Å². The van der Waals surface area contributed by atoms with Crippen LogP contribution in [-0.4, -0.2) is 0 Å². The largest absolute Gasteiger partial charge is 0.455 e. The molecule has 0 radical (unpaired) electrons. The van der Waals surface area contributed by atoms with Gasteiger partial charge in [-0.05, 0) is 90.8 Å². The fourth-order valence-corrected chi connectivity index (χ4v) is 7.27. The lowest BCUT2D eigenvalue weighted by Crippen LogP contribution is -2.14. The molecular weight excluding hydrogens is 508 g/mol. The molecule has 0 unspecified atom stereocenters. The summed E-state index contributed by atoms with van der Waals surface area (Å²) in [6.45, 7) is 4.71. The third kappa shape index (κ3) is 3.25.